The van der Waals surface area contributed by atoms with Crippen molar-refractivity contribution in [1.29, 1.82) is 0 Å². The van der Waals surface area contributed by atoms with Crippen LogP contribution in [-0.4, -0.2) is 21.0 Å². The first-order valence-corrected chi connectivity index (χ1v) is 10.9. The molecule has 0 aliphatic heterocycles. The van der Waals surface area contributed by atoms with Crippen LogP contribution in [0, 0.1) is 0 Å². The van der Waals surface area contributed by atoms with E-state index in [-0.39, 0.29) is 16.4 Å². The molecular formula is C27H29N3O3. The molecule has 0 amide bonds. The Balaban J connectivity index is 1.93. The molecule has 0 saturated carbocycles. The van der Waals surface area contributed by atoms with Crippen molar-refractivity contribution in [3.05, 3.63) is 81.8 Å². The van der Waals surface area contributed by atoms with E-state index < -0.39 is 0 Å². The first kappa shape index (κ1) is 22.5. The Labute approximate surface area is 193 Å². The standard InChI is InChI=1S/C27H29N3O3/c1-26(2,3)19-14-17(15-20(23(19)31)27(4,5)6)16-28-30-24(22-12-9-13-33-22)29-21-11-8-7-10-18(21)25(30)32/h7-16,31H,1-6H3/b28-16+. The number of aromatic nitrogens is 2. The van der Waals surface area contributed by atoms with Gasteiger partial charge in [-0.1, -0.05) is 53.7 Å². The van der Waals surface area contributed by atoms with Gasteiger partial charge in [0.1, 0.15) is 5.75 Å². The van der Waals surface area contributed by atoms with Gasteiger partial charge in [-0.05, 0) is 52.8 Å². The third-order valence-corrected chi connectivity index (χ3v) is 5.57. The fourth-order valence-electron chi connectivity index (χ4n) is 3.80. The Morgan fingerprint density at radius 2 is 1.61 bits per heavy atom. The largest absolute Gasteiger partial charge is 0.507 e. The third kappa shape index (κ3) is 4.33. The van der Waals surface area contributed by atoms with Gasteiger partial charge < -0.3 is 9.52 Å². The van der Waals surface area contributed by atoms with E-state index in [0.717, 1.165) is 16.7 Å². The highest BCUT2D eigenvalue weighted by molar-refractivity contribution is 5.83. The Morgan fingerprint density at radius 3 is 2.18 bits per heavy atom. The van der Waals surface area contributed by atoms with Crippen molar-refractivity contribution in [2.45, 2.75) is 52.4 Å². The van der Waals surface area contributed by atoms with Crippen molar-refractivity contribution in [2.75, 3.05) is 0 Å². The lowest BCUT2D eigenvalue weighted by molar-refractivity contribution is 0.423. The Kier molecular flexibility index (Phi) is 5.48. The molecular weight excluding hydrogens is 414 g/mol. The lowest BCUT2D eigenvalue weighted by Gasteiger charge is -2.27. The molecule has 0 atom stereocenters. The summed E-state index contributed by atoms with van der Waals surface area (Å²) in [6.45, 7) is 12.3. The van der Waals surface area contributed by atoms with Crippen LogP contribution in [0.4, 0.5) is 0 Å². The van der Waals surface area contributed by atoms with Gasteiger partial charge in [-0.2, -0.15) is 9.78 Å². The number of benzene rings is 2. The van der Waals surface area contributed by atoms with Gasteiger partial charge in [-0.25, -0.2) is 4.98 Å². The highest BCUT2D eigenvalue weighted by Gasteiger charge is 2.26. The van der Waals surface area contributed by atoms with Crippen LogP contribution in [0.5, 0.6) is 5.75 Å². The van der Waals surface area contributed by atoms with E-state index in [1.54, 1.807) is 36.5 Å². The van der Waals surface area contributed by atoms with Crippen molar-refractivity contribution >= 4 is 17.1 Å². The van der Waals surface area contributed by atoms with Crippen LogP contribution in [0.25, 0.3) is 22.5 Å². The van der Waals surface area contributed by atoms with Crippen molar-refractivity contribution in [1.82, 2.24) is 9.66 Å². The van der Waals surface area contributed by atoms with Gasteiger partial charge in [-0.15, -0.1) is 0 Å². The summed E-state index contributed by atoms with van der Waals surface area (Å²) in [5, 5.41) is 16.0. The number of para-hydroxylation sites is 1. The van der Waals surface area contributed by atoms with E-state index in [0.29, 0.717) is 28.2 Å². The first-order valence-electron chi connectivity index (χ1n) is 10.9. The van der Waals surface area contributed by atoms with Crippen LogP contribution in [0.2, 0.25) is 0 Å². The average Bonchev–Trinajstić information content (AvgIpc) is 3.27. The second-order valence-electron chi connectivity index (χ2n) is 10.3. The number of hydrogen-bond donors (Lipinski definition) is 1. The molecule has 0 saturated heterocycles. The van der Waals surface area contributed by atoms with Gasteiger partial charge in [-0.3, -0.25) is 4.79 Å². The van der Waals surface area contributed by atoms with Crippen LogP contribution >= 0.6 is 0 Å². The molecule has 0 spiro atoms. The fraction of sp³-hybridized carbons (Fsp3) is 0.296. The number of aromatic hydroxyl groups is 1. The number of rotatable bonds is 3. The summed E-state index contributed by atoms with van der Waals surface area (Å²) in [4.78, 5) is 17.9. The maximum Gasteiger partial charge on any atom is 0.282 e. The summed E-state index contributed by atoms with van der Waals surface area (Å²) in [5.41, 5.74) is 2.19. The minimum atomic E-state index is -0.283. The number of phenolic OH excluding ortho intramolecular Hbond substituents is 1. The van der Waals surface area contributed by atoms with E-state index in [1.807, 2.05) is 18.2 Å². The van der Waals surface area contributed by atoms with Gasteiger partial charge in [0.25, 0.3) is 5.56 Å². The van der Waals surface area contributed by atoms with Crippen LogP contribution in [-0.2, 0) is 10.8 Å². The Bertz CT molecular complexity index is 1360. The molecule has 0 unspecified atom stereocenters. The highest BCUT2D eigenvalue weighted by atomic mass is 16.3. The summed E-state index contributed by atoms with van der Waals surface area (Å²) in [6.07, 6.45) is 3.17. The number of hydrogen-bond acceptors (Lipinski definition) is 5. The number of furan rings is 1. The molecule has 33 heavy (non-hydrogen) atoms. The smallest absolute Gasteiger partial charge is 0.282 e. The zero-order valence-electron chi connectivity index (χ0n) is 19.9. The summed E-state index contributed by atoms with van der Waals surface area (Å²) < 4.78 is 6.80. The molecule has 0 radical (unpaired) electrons. The fourth-order valence-corrected chi connectivity index (χ4v) is 3.80. The number of phenols is 1. The van der Waals surface area contributed by atoms with Crippen LogP contribution in [0.3, 0.4) is 0 Å². The molecule has 0 aliphatic carbocycles. The molecule has 4 rings (SSSR count). The second kappa shape index (κ2) is 8.03. The minimum absolute atomic E-state index is 0.269. The maximum atomic E-state index is 13.3. The van der Waals surface area contributed by atoms with E-state index >= 15 is 0 Å². The Morgan fingerprint density at radius 1 is 0.970 bits per heavy atom. The highest BCUT2D eigenvalue weighted by Crippen LogP contribution is 2.39. The van der Waals surface area contributed by atoms with E-state index in [2.05, 4.69) is 51.6 Å². The summed E-state index contributed by atoms with van der Waals surface area (Å²) in [6, 6.07) is 14.5. The zero-order valence-corrected chi connectivity index (χ0v) is 19.9. The molecule has 6 nitrogen and oxygen atoms in total. The van der Waals surface area contributed by atoms with Crippen LogP contribution < -0.4 is 5.56 Å². The quantitative estimate of drug-likeness (QED) is 0.403. The lowest BCUT2D eigenvalue weighted by Crippen LogP contribution is -2.20. The zero-order chi connectivity index (χ0) is 24.0. The normalized spacial score (nSPS) is 12.7. The van der Waals surface area contributed by atoms with Gasteiger partial charge in [0, 0.05) is 11.1 Å². The van der Waals surface area contributed by atoms with Crippen molar-refractivity contribution in [2.24, 2.45) is 5.10 Å². The molecule has 170 valence electrons. The summed E-state index contributed by atoms with van der Waals surface area (Å²) >= 11 is 0. The topological polar surface area (TPSA) is 80.6 Å². The van der Waals surface area contributed by atoms with Gasteiger partial charge in [0.2, 0.25) is 5.82 Å². The van der Waals surface area contributed by atoms with Gasteiger partial charge in [0.15, 0.2) is 5.76 Å². The van der Waals surface area contributed by atoms with Crippen molar-refractivity contribution in [3.63, 3.8) is 0 Å². The Hall–Kier alpha value is -3.67. The van der Waals surface area contributed by atoms with E-state index in [4.69, 9.17) is 4.42 Å². The molecule has 2 heterocycles. The minimum Gasteiger partial charge on any atom is -0.507 e. The molecule has 0 fully saturated rings. The first-order chi connectivity index (χ1) is 15.5. The summed E-state index contributed by atoms with van der Waals surface area (Å²) in [7, 11) is 0. The monoisotopic (exact) mass is 443 g/mol. The third-order valence-electron chi connectivity index (χ3n) is 5.57. The van der Waals surface area contributed by atoms with Gasteiger partial charge >= 0.3 is 0 Å². The molecule has 0 aliphatic rings. The number of fused-ring (bicyclic) bond motifs is 1. The van der Waals surface area contributed by atoms with E-state index in [9.17, 15) is 9.90 Å². The molecule has 1 N–H and O–H groups in total. The van der Waals surface area contributed by atoms with Crippen molar-refractivity contribution in [3.8, 4) is 17.3 Å². The SMILES string of the molecule is CC(C)(C)c1cc(/C=N/n2c(-c3ccco3)nc3ccccc3c2=O)cc(C(C)(C)C)c1O. The lowest BCUT2D eigenvalue weighted by atomic mass is 9.78. The van der Waals surface area contributed by atoms with E-state index in [1.165, 1.54) is 10.9 Å². The summed E-state index contributed by atoms with van der Waals surface area (Å²) in [5.74, 6) is 1.07. The molecule has 4 aromatic rings. The average molecular weight is 444 g/mol. The molecule has 2 aromatic heterocycles. The predicted molar refractivity (Wildman–Crippen MR) is 132 cm³/mol. The molecule has 2 aromatic carbocycles. The number of nitrogens with zero attached hydrogens (tertiary/aromatic N) is 3. The maximum absolute atomic E-state index is 13.3. The van der Waals surface area contributed by atoms with Crippen LogP contribution in [0.15, 0.2) is 69.1 Å². The van der Waals surface area contributed by atoms with Crippen LogP contribution in [0.1, 0.15) is 58.2 Å². The second-order valence-corrected chi connectivity index (χ2v) is 10.3. The van der Waals surface area contributed by atoms with Crippen molar-refractivity contribution < 1.29 is 9.52 Å². The molecule has 6 heteroatoms. The predicted octanol–water partition coefficient (Wildman–Crippen LogP) is 5.84. The molecule has 0 bridgehead atoms. The van der Waals surface area contributed by atoms with Gasteiger partial charge in [0.05, 0.1) is 23.4 Å².